The average Bonchev–Trinajstić information content (AvgIpc) is 2.39. The summed E-state index contributed by atoms with van der Waals surface area (Å²) in [5, 5.41) is 10.6. The molecule has 6 heteroatoms. The van der Waals surface area contributed by atoms with Gasteiger partial charge < -0.3 is 0 Å². The fourth-order valence-corrected chi connectivity index (χ4v) is 1.85. The molecule has 0 bridgehead atoms. The van der Waals surface area contributed by atoms with Crippen LogP contribution in [0, 0.1) is 10.1 Å². The van der Waals surface area contributed by atoms with Gasteiger partial charge in [0.15, 0.2) is 5.82 Å². The van der Waals surface area contributed by atoms with E-state index in [0.29, 0.717) is 10.4 Å². The molecule has 0 unspecified atom stereocenters. The third-order valence-electron chi connectivity index (χ3n) is 2.48. The van der Waals surface area contributed by atoms with E-state index in [1.165, 1.54) is 12.1 Å². The zero-order valence-corrected chi connectivity index (χ0v) is 11.7. The van der Waals surface area contributed by atoms with Crippen LogP contribution in [0.25, 0.3) is 0 Å². The van der Waals surface area contributed by atoms with Gasteiger partial charge in [0.25, 0.3) is 5.69 Å². The summed E-state index contributed by atoms with van der Waals surface area (Å²) in [7, 11) is 0. The molecule has 0 spiro atoms. The van der Waals surface area contributed by atoms with Gasteiger partial charge in [0.1, 0.15) is 4.60 Å². The fraction of sp³-hybridized carbons (Fsp3) is 0.0769. The Balaban J connectivity index is 2.28. The van der Waals surface area contributed by atoms with Crippen molar-refractivity contribution in [1.29, 1.82) is 0 Å². The van der Waals surface area contributed by atoms with E-state index in [9.17, 15) is 10.1 Å². The molecule has 0 aliphatic heterocycles. The van der Waals surface area contributed by atoms with Gasteiger partial charge in [0, 0.05) is 17.8 Å². The number of non-ortho nitro benzene ring substituents is 1. The number of nitro groups is 1. The molecule has 5 nitrogen and oxygen atoms in total. The van der Waals surface area contributed by atoms with Crippen LogP contribution in [-0.2, 0) is 0 Å². The standard InChI is InChI=1S/C13H10BrN3O2/c1-9(15-13-4-2-3-12(14)16-13)10-5-7-11(8-6-10)17(18)19/h2-8H,1H3. The van der Waals surface area contributed by atoms with Crippen molar-refractivity contribution in [3.63, 3.8) is 0 Å². The van der Waals surface area contributed by atoms with E-state index in [1.54, 1.807) is 18.2 Å². The van der Waals surface area contributed by atoms with Crippen LogP contribution >= 0.6 is 15.9 Å². The predicted octanol–water partition coefficient (Wildman–Crippen LogP) is 3.89. The number of rotatable bonds is 3. The molecule has 2 aromatic rings. The fourth-order valence-electron chi connectivity index (χ4n) is 1.52. The molecule has 0 aliphatic carbocycles. The van der Waals surface area contributed by atoms with Gasteiger partial charge in [-0.05, 0) is 52.7 Å². The Kier molecular flexibility index (Phi) is 4.01. The maximum atomic E-state index is 10.6. The van der Waals surface area contributed by atoms with Gasteiger partial charge in [-0.1, -0.05) is 6.07 Å². The lowest BCUT2D eigenvalue weighted by molar-refractivity contribution is -0.384. The second-order valence-corrected chi connectivity index (χ2v) is 4.63. The Labute approximate surface area is 118 Å². The molecule has 0 N–H and O–H groups in total. The summed E-state index contributed by atoms with van der Waals surface area (Å²) in [6, 6.07) is 11.7. The van der Waals surface area contributed by atoms with Crippen LogP contribution < -0.4 is 0 Å². The Hall–Kier alpha value is -2.08. The van der Waals surface area contributed by atoms with Crippen LogP contribution in [0.15, 0.2) is 52.1 Å². The summed E-state index contributed by atoms with van der Waals surface area (Å²) in [6.07, 6.45) is 0. The Morgan fingerprint density at radius 3 is 2.53 bits per heavy atom. The summed E-state index contributed by atoms with van der Waals surface area (Å²) in [4.78, 5) is 18.7. The van der Waals surface area contributed by atoms with E-state index in [0.717, 1.165) is 11.3 Å². The van der Waals surface area contributed by atoms with Gasteiger partial charge in [-0.15, -0.1) is 0 Å². The predicted molar refractivity (Wildman–Crippen MR) is 76.9 cm³/mol. The molecule has 0 radical (unpaired) electrons. The van der Waals surface area contributed by atoms with Crippen molar-refractivity contribution in [2.24, 2.45) is 4.99 Å². The average molecular weight is 320 g/mol. The van der Waals surface area contributed by atoms with Crippen LogP contribution in [0.5, 0.6) is 0 Å². The zero-order chi connectivity index (χ0) is 13.8. The highest BCUT2D eigenvalue weighted by atomic mass is 79.9. The number of aliphatic imine (C=N–C) groups is 1. The molecule has 1 aromatic heterocycles. The lowest BCUT2D eigenvalue weighted by Crippen LogP contribution is -1.95. The lowest BCUT2D eigenvalue weighted by Gasteiger charge is -2.01. The molecule has 0 aliphatic rings. The van der Waals surface area contributed by atoms with Gasteiger partial charge in [-0.2, -0.15) is 0 Å². The largest absolute Gasteiger partial charge is 0.269 e. The normalized spacial score (nSPS) is 11.4. The second kappa shape index (κ2) is 5.71. The van der Waals surface area contributed by atoms with Gasteiger partial charge in [-0.25, -0.2) is 9.98 Å². The van der Waals surface area contributed by atoms with Crippen molar-refractivity contribution < 1.29 is 4.92 Å². The molecular formula is C13H10BrN3O2. The molecule has 1 heterocycles. The highest BCUT2D eigenvalue weighted by Crippen LogP contribution is 2.16. The minimum absolute atomic E-state index is 0.0668. The van der Waals surface area contributed by atoms with Crippen LogP contribution in [-0.4, -0.2) is 15.6 Å². The number of nitro benzene ring substituents is 1. The summed E-state index contributed by atoms with van der Waals surface area (Å²) < 4.78 is 0.713. The van der Waals surface area contributed by atoms with E-state index in [-0.39, 0.29) is 5.69 Å². The van der Waals surface area contributed by atoms with E-state index in [4.69, 9.17) is 0 Å². The quantitative estimate of drug-likeness (QED) is 0.373. The van der Waals surface area contributed by atoms with Crippen molar-refractivity contribution in [3.8, 4) is 0 Å². The molecule has 19 heavy (non-hydrogen) atoms. The minimum atomic E-state index is -0.424. The van der Waals surface area contributed by atoms with E-state index < -0.39 is 4.92 Å². The molecule has 2 rings (SSSR count). The molecule has 0 amide bonds. The Morgan fingerprint density at radius 2 is 1.95 bits per heavy atom. The topological polar surface area (TPSA) is 68.4 Å². The summed E-state index contributed by atoms with van der Waals surface area (Å²) in [6.45, 7) is 1.84. The summed E-state index contributed by atoms with van der Waals surface area (Å²) in [5.41, 5.74) is 1.64. The monoisotopic (exact) mass is 319 g/mol. The van der Waals surface area contributed by atoms with Gasteiger partial charge >= 0.3 is 0 Å². The first-order chi connectivity index (χ1) is 9.06. The summed E-state index contributed by atoms with van der Waals surface area (Å²) >= 11 is 3.28. The van der Waals surface area contributed by atoms with E-state index in [1.807, 2.05) is 19.1 Å². The molecule has 0 atom stereocenters. The van der Waals surface area contributed by atoms with Gasteiger partial charge in [0.05, 0.1) is 4.92 Å². The third-order valence-corrected chi connectivity index (χ3v) is 2.92. The number of aromatic nitrogens is 1. The summed E-state index contributed by atoms with van der Waals surface area (Å²) in [5.74, 6) is 0.588. The zero-order valence-electron chi connectivity index (χ0n) is 10.1. The minimum Gasteiger partial charge on any atom is -0.258 e. The first kappa shape index (κ1) is 13.4. The van der Waals surface area contributed by atoms with Crippen LogP contribution in [0.3, 0.4) is 0 Å². The van der Waals surface area contributed by atoms with Crippen molar-refractivity contribution in [2.75, 3.05) is 0 Å². The molecule has 0 saturated carbocycles. The van der Waals surface area contributed by atoms with Gasteiger partial charge in [0.2, 0.25) is 0 Å². The number of hydrogen-bond acceptors (Lipinski definition) is 4. The van der Waals surface area contributed by atoms with E-state index >= 15 is 0 Å². The number of pyridine rings is 1. The smallest absolute Gasteiger partial charge is 0.258 e. The van der Waals surface area contributed by atoms with Crippen molar-refractivity contribution in [3.05, 3.63) is 62.7 Å². The number of hydrogen-bond donors (Lipinski definition) is 0. The number of halogens is 1. The first-order valence-electron chi connectivity index (χ1n) is 5.49. The van der Waals surface area contributed by atoms with Gasteiger partial charge in [-0.3, -0.25) is 10.1 Å². The first-order valence-corrected chi connectivity index (χ1v) is 6.28. The van der Waals surface area contributed by atoms with Crippen LogP contribution in [0.4, 0.5) is 11.5 Å². The highest BCUT2D eigenvalue weighted by Gasteiger charge is 2.05. The molecular weight excluding hydrogens is 310 g/mol. The molecule has 0 fully saturated rings. The molecule has 1 aromatic carbocycles. The second-order valence-electron chi connectivity index (χ2n) is 3.82. The third kappa shape index (κ3) is 3.45. The highest BCUT2D eigenvalue weighted by molar-refractivity contribution is 9.10. The van der Waals surface area contributed by atoms with E-state index in [2.05, 4.69) is 25.9 Å². The van der Waals surface area contributed by atoms with Crippen LogP contribution in [0.1, 0.15) is 12.5 Å². The number of nitrogens with zero attached hydrogens (tertiary/aromatic N) is 3. The maximum absolute atomic E-state index is 10.6. The van der Waals surface area contributed by atoms with Crippen LogP contribution in [0.2, 0.25) is 0 Å². The molecule has 0 saturated heterocycles. The molecule has 96 valence electrons. The Bertz CT molecular complexity index is 639. The van der Waals surface area contributed by atoms with Crippen molar-refractivity contribution in [2.45, 2.75) is 6.92 Å². The number of benzene rings is 1. The Morgan fingerprint density at radius 1 is 1.26 bits per heavy atom. The van der Waals surface area contributed by atoms with Crippen molar-refractivity contribution >= 4 is 33.1 Å². The van der Waals surface area contributed by atoms with Crippen molar-refractivity contribution in [1.82, 2.24) is 4.98 Å². The SMILES string of the molecule is CC(=Nc1cccc(Br)n1)c1ccc([N+](=O)[O-])cc1. The lowest BCUT2D eigenvalue weighted by atomic mass is 10.1. The maximum Gasteiger partial charge on any atom is 0.269 e.